The van der Waals surface area contributed by atoms with Gasteiger partial charge in [0.15, 0.2) is 0 Å². The smallest absolute Gasteiger partial charge is 0.0233 e. The normalized spacial score (nSPS) is 14.5. The van der Waals surface area contributed by atoms with Gasteiger partial charge in [-0.3, -0.25) is 9.80 Å². The fourth-order valence-corrected chi connectivity index (χ4v) is 3.92. The molecule has 2 atom stereocenters. The lowest BCUT2D eigenvalue weighted by Gasteiger charge is -2.26. The highest BCUT2D eigenvalue weighted by atomic mass is 32.2. The monoisotopic (exact) mass is 340 g/mol. The second-order valence-corrected chi connectivity index (χ2v) is 8.08. The molecule has 0 aromatic heterocycles. The molecule has 0 aliphatic rings. The van der Waals surface area contributed by atoms with Crippen LogP contribution in [0.25, 0.3) is 0 Å². The molecular weight excluding hydrogens is 308 g/mol. The van der Waals surface area contributed by atoms with E-state index in [0.29, 0.717) is 12.1 Å². The Morgan fingerprint density at radius 1 is 0.864 bits per heavy atom. The third kappa shape index (κ3) is 6.95. The lowest BCUT2D eigenvalue weighted by atomic mass is 10.1. The van der Waals surface area contributed by atoms with Gasteiger partial charge in [0.25, 0.3) is 0 Å². The van der Waals surface area contributed by atoms with Gasteiger partial charge in [-0.05, 0) is 51.6 Å². The van der Waals surface area contributed by atoms with Gasteiger partial charge < -0.3 is 0 Å². The number of hydrogen-bond donors (Lipinski definition) is 0. The van der Waals surface area contributed by atoms with Crippen molar-refractivity contribution in [1.82, 2.24) is 9.80 Å². The van der Waals surface area contributed by atoms with Gasteiger partial charge in [0.05, 0.1) is 0 Å². The van der Waals surface area contributed by atoms with Crippen molar-refractivity contribution in [2.24, 2.45) is 0 Å². The Labute approximate surface area is 146 Å². The van der Waals surface area contributed by atoms with Gasteiger partial charge in [-0.25, -0.2) is 0 Å². The topological polar surface area (TPSA) is 6.48 Å². The summed E-state index contributed by atoms with van der Waals surface area (Å²) in [5.74, 6) is 2.37. The molecule has 0 spiro atoms. The minimum atomic E-state index is 0.614. The predicted octanol–water partition coefficient (Wildman–Crippen LogP) is 4.05. The largest absolute Gasteiger partial charge is 0.299 e. The van der Waals surface area contributed by atoms with Crippen molar-refractivity contribution < 1.29 is 0 Å². The molecule has 0 heterocycles. The highest BCUT2D eigenvalue weighted by molar-refractivity contribution is 7.98. The molecule has 2 nitrogen and oxygen atoms in total. The molecule has 0 unspecified atom stereocenters. The van der Waals surface area contributed by atoms with Crippen molar-refractivity contribution >= 4 is 23.5 Å². The summed E-state index contributed by atoms with van der Waals surface area (Å²) in [5.41, 5.74) is 2.83. The van der Waals surface area contributed by atoms with E-state index >= 15 is 0 Å². The molecule has 0 bridgehead atoms. The van der Waals surface area contributed by atoms with Crippen LogP contribution in [0.2, 0.25) is 0 Å². The molecule has 0 aliphatic carbocycles. The summed E-state index contributed by atoms with van der Waals surface area (Å²) in [6.07, 6.45) is 4.35. The molecule has 0 N–H and O–H groups in total. The minimum absolute atomic E-state index is 0.614. The first-order valence-corrected chi connectivity index (χ1v) is 10.7. The van der Waals surface area contributed by atoms with Crippen molar-refractivity contribution in [1.29, 1.82) is 0 Å². The van der Waals surface area contributed by atoms with E-state index in [1.54, 1.807) is 0 Å². The summed E-state index contributed by atoms with van der Waals surface area (Å²) in [6.45, 7) is 6.66. The average molecular weight is 341 g/mol. The molecule has 1 aromatic rings. The summed E-state index contributed by atoms with van der Waals surface area (Å²) in [4.78, 5) is 4.88. The lowest BCUT2D eigenvalue weighted by Crippen LogP contribution is -2.31. The van der Waals surface area contributed by atoms with E-state index < -0.39 is 0 Å². The second kappa shape index (κ2) is 10.6. The summed E-state index contributed by atoms with van der Waals surface area (Å²) in [7, 11) is 4.44. The van der Waals surface area contributed by atoms with Crippen LogP contribution in [0.15, 0.2) is 24.3 Å². The molecule has 0 fully saturated rings. The molecule has 1 rings (SSSR count). The zero-order valence-corrected chi connectivity index (χ0v) is 16.6. The van der Waals surface area contributed by atoms with Gasteiger partial charge in [0, 0.05) is 36.7 Å². The molecule has 0 saturated carbocycles. The van der Waals surface area contributed by atoms with Crippen molar-refractivity contribution in [3.63, 3.8) is 0 Å². The van der Waals surface area contributed by atoms with E-state index in [0.717, 1.165) is 13.1 Å². The van der Waals surface area contributed by atoms with Gasteiger partial charge in [0.1, 0.15) is 0 Å². The summed E-state index contributed by atoms with van der Waals surface area (Å²) in [6, 6.07) is 10.3. The molecule has 4 heteroatoms. The molecule has 0 saturated heterocycles. The van der Waals surface area contributed by atoms with Crippen molar-refractivity contribution in [3.05, 3.63) is 35.4 Å². The fraction of sp³-hybridized carbons (Fsp3) is 0.667. The summed E-state index contributed by atoms with van der Waals surface area (Å²) >= 11 is 3.84. The van der Waals surface area contributed by atoms with E-state index in [1.165, 1.54) is 22.6 Å². The molecule has 126 valence electrons. The van der Waals surface area contributed by atoms with Gasteiger partial charge >= 0.3 is 0 Å². The van der Waals surface area contributed by atoms with E-state index in [9.17, 15) is 0 Å². The van der Waals surface area contributed by atoms with E-state index in [1.807, 2.05) is 23.5 Å². The Hall–Kier alpha value is -0.160. The zero-order valence-electron chi connectivity index (χ0n) is 15.0. The highest BCUT2D eigenvalue weighted by Crippen LogP contribution is 2.14. The van der Waals surface area contributed by atoms with Gasteiger partial charge in [0.2, 0.25) is 0 Å². The first-order valence-electron chi connectivity index (χ1n) is 7.94. The molecule has 0 aliphatic heterocycles. The number of thioether (sulfide) groups is 2. The second-order valence-electron chi connectivity index (χ2n) is 6.26. The average Bonchev–Trinajstić information content (AvgIpc) is 2.48. The van der Waals surface area contributed by atoms with Crippen LogP contribution < -0.4 is 0 Å². The number of nitrogens with zero attached hydrogens (tertiary/aromatic N) is 2. The third-order valence-electron chi connectivity index (χ3n) is 4.18. The maximum atomic E-state index is 2.44. The number of hydrogen-bond acceptors (Lipinski definition) is 4. The van der Waals surface area contributed by atoms with E-state index in [-0.39, 0.29) is 0 Å². The highest BCUT2D eigenvalue weighted by Gasteiger charge is 2.11. The van der Waals surface area contributed by atoms with Gasteiger partial charge in [-0.1, -0.05) is 24.3 Å². The van der Waals surface area contributed by atoms with Crippen molar-refractivity contribution in [2.45, 2.75) is 39.0 Å². The van der Waals surface area contributed by atoms with Crippen molar-refractivity contribution in [3.8, 4) is 0 Å². The molecule has 1 aromatic carbocycles. The lowest BCUT2D eigenvalue weighted by molar-refractivity contribution is 0.265. The molecule has 22 heavy (non-hydrogen) atoms. The molecule has 0 radical (unpaired) electrons. The van der Waals surface area contributed by atoms with Crippen LogP contribution in [0.3, 0.4) is 0 Å². The fourth-order valence-electron chi connectivity index (χ4n) is 2.45. The van der Waals surface area contributed by atoms with Crippen molar-refractivity contribution in [2.75, 3.05) is 38.1 Å². The summed E-state index contributed by atoms with van der Waals surface area (Å²) < 4.78 is 0. The summed E-state index contributed by atoms with van der Waals surface area (Å²) in [5, 5.41) is 0. The maximum absolute atomic E-state index is 2.44. The Bertz CT molecular complexity index is 390. The van der Waals surface area contributed by atoms with Crippen LogP contribution >= 0.6 is 23.5 Å². The predicted molar refractivity (Wildman–Crippen MR) is 105 cm³/mol. The maximum Gasteiger partial charge on any atom is 0.0233 e. The Morgan fingerprint density at radius 2 is 1.27 bits per heavy atom. The molecular formula is C18H32N2S2. The van der Waals surface area contributed by atoms with Crippen LogP contribution in [-0.4, -0.2) is 60.0 Å². The minimum Gasteiger partial charge on any atom is -0.299 e. The Kier molecular flexibility index (Phi) is 9.57. The SMILES string of the molecule is CSC[C@H](C)N(C)Cc1cccc(CN(C)[C@@H](C)CSC)c1. The van der Waals surface area contributed by atoms with Crippen LogP contribution in [0.1, 0.15) is 25.0 Å². The zero-order chi connectivity index (χ0) is 16.5. The standard InChI is InChI=1S/C18H32N2S2/c1-15(13-21-5)19(3)11-17-8-7-9-18(10-17)12-20(4)16(2)14-22-6/h7-10,15-16H,11-14H2,1-6H3/t15-,16-/m0/s1. The number of rotatable bonds is 10. The van der Waals surface area contributed by atoms with Crippen LogP contribution in [0.5, 0.6) is 0 Å². The van der Waals surface area contributed by atoms with E-state index in [2.05, 4.69) is 74.5 Å². The van der Waals surface area contributed by atoms with Gasteiger partial charge in [-0.2, -0.15) is 23.5 Å². The quantitative estimate of drug-likeness (QED) is 0.633. The first-order chi connectivity index (χ1) is 10.5. The van der Waals surface area contributed by atoms with Gasteiger partial charge in [-0.15, -0.1) is 0 Å². The van der Waals surface area contributed by atoms with Crippen LogP contribution in [0, 0.1) is 0 Å². The Balaban J connectivity index is 2.62. The number of benzene rings is 1. The molecule has 0 amide bonds. The Morgan fingerprint density at radius 3 is 1.64 bits per heavy atom. The third-order valence-corrected chi connectivity index (χ3v) is 5.81. The first kappa shape index (κ1) is 19.9. The van der Waals surface area contributed by atoms with Crippen LogP contribution in [0.4, 0.5) is 0 Å². The van der Waals surface area contributed by atoms with Crippen LogP contribution in [-0.2, 0) is 13.1 Å². The van der Waals surface area contributed by atoms with E-state index in [4.69, 9.17) is 0 Å².